The number of carbonyl (C=O) groups is 1. The molecule has 0 heterocycles. The van der Waals surface area contributed by atoms with Crippen LogP contribution in [0.3, 0.4) is 0 Å². The molecule has 6 nitrogen and oxygen atoms in total. The lowest BCUT2D eigenvalue weighted by molar-refractivity contribution is -0.139. The summed E-state index contributed by atoms with van der Waals surface area (Å²) in [5.74, 6) is 0.355. The minimum atomic E-state index is -3.67. The van der Waals surface area contributed by atoms with E-state index in [1.807, 2.05) is 60.7 Å². The van der Waals surface area contributed by atoms with Crippen molar-refractivity contribution in [3.63, 3.8) is 0 Å². The van der Waals surface area contributed by atoms with Crippen molar-refractivity contribution in [1.82, 2.24) is 0 Å². The first kappa shape index (κ1) is 23.4. The third kappa shape index (κ3) is 7.18. The summed E-state index contributed by atoms with van der Waals surface area (Å²) >= 11 is 1.58. The molecule has 0 aliphatic carbocycles. The van der Waals surface area contributed by atoms with Gasteiger partial charge in [0.15, 0.2) is 6.61 Å². The zero-order valence-corrected chi connectivity index (χ0v) is 18.9. The van der Waals surface area contributed by atoms with Crippen LogP contribution < -0.4 is 8.92 Å². The third-order valence-electron chi connectivity index (χ3n) is 4.23. The molecular weight excluding hydrogens is 448 g/mol. The van der Waals surface area contributed by atoms with Crippen LogP contribution in [-0.2, 0) is 14.9 Å². The topological polar surface area (TPSA) is 89.9 Å². The van der Waals surface area contributed by atoms with Gasteiger partial charge in [0.2, 0.25) is 0 Å². The Kier molecular flexibility index (Phi) is 7.97. The van der Waals surface area contributed by atoms with Crippen LogP contribution in [-0.4, -0.2) is 38.1 Å². The van der Waals surface area contributed by atoms with E-state index in [0.29, 0.717) is 17.1 Å². The number of benzene rings is 3. The number of aliphatic carboxylic acids is 1. The Balaban J connectivity index is 1.83. The molecule has 0 saturated heterocycles. The Hall–Kier alpha value is -3.23. The molecule has 8 heteroatoms. The largest absolute Gasteiger partial charge is 0.482 e. The van der Waals surface area contributed by atoms with E-state index < -0.39 is 16.1 Å². The quantitative estimate of drug-likeness (QED) is 0.339. The van der Waals surface area contributed by atoms with Gasteiger partial charge >= 0.3 is 16.1 Å². The van der Waals surface area contributed by atoms with E-state index in [2.05, 4.69) is 0 Å². The highest BCUT2D eigenvalue weighted by Gasteiger charge is 2.14. The van der Waals surface area contributed by atoms with E-state index in [4.69, 9.17) is 14.0 Å². The van der Waals surface area contributed by atoms with Gasteiger partial charge in [-0.25, -0.2) is 4.79 Å². The van der Waals surface area contributed by atoms with Gasteiger partial charge in [0.25, 0.3) is 0 Å². The highest BCUT2D eigenvalue weighted by Crippen LogP contribution is 2.33. The molecule has 32 heavy (non-hydrogen) atoms. The lowest BCUT2D eigenvalue weighted by atomic mass is 9.97. The van der Waals surface area contributed by atoms with Gasteiger partial charge in [0.1, 0.15) is 11.5 Å². The van der Waals surface area contributed by atoms with Crippen LogP contribution in [0.5, 0.6) is 11.5 Å². The van der Waals surface area contributed by atoms with Crippen LogP contribution in [0.15, 0.2) is 89.8 Å². The summed E-state index contributed by atoms with van der Waals surface area (Å²) in [7, 11) is -3.67. The number of carboxylic acids is 1. The van der Waals surface area contributed by atoms with Crippen molar-refractivity contribution < 1.29 is 27.2 Å². The molecule has 3 rings (SSSR count). The maximum Gasteiger partial charge on any atom is 0.341 e. The van der Waals surface area contributed by atoms with Gasteiger partial charge in [0.05, 0.1) is 6.26 Å². The van der Waals surface area contributed by atoms with Crippen LogP contribution >= 0.6 is 11.8 Å². The fourth-order valence-electron chi connectivity index (χ4n) is 2.92. The first-order valence-corrected chi connectivity index (χ1v) is 12.4. The Bertz CT molecular complexity index is 1190. The highest BCUT2D eigenvalue weighted by molar-refractivity contribution is 7.99. The first-order valence-electron chi connectivity index (χ1n) is 9.64. The van der Waals surface area contributed by atoms with Crippen molar-refractivity contribution in [1.29, 1.82) is 0 Å². The van der Waals surface area contributed by atoms with Crippen LogP contribution in [0, 0.1) is 0 Å². The lowest BCUT2D eigenvalue weighted by Gasteiger charge is -2.14. The Morgan fingerprint density at radius 3 is 2.28 bits per heavy atom. The monoisotopic (exact) mass is 470 g/mol. The molecule has 0 amide bonds. The summed E-state index contributed by atoms with van der Waals surface area (Å²) in [6.45, 7) is -0.384. The summed E-state index contributed by atoms with van der Waals surface area (Å²) < 4.78 is 33.8. The van der Waals surface area contributed by atoms with Gasteiger partial charge in [0, 0.05) is 16.2 Å². The number of hydrogen-bond acceptors (Lipinski definition) is 6. The van der Waals surface area contributed by atoms with Crippen LogP contribution in [0.25, 0.3) is 5.57 Å². The summed E-state index contributed by atoms with van der Waals surface area (Å²) in [6, 6.07) is 23.9. The zero-order valence-electron chi connectivity index (χ0n) is 17.3. The zero-order chi connectivity index (χ0) is 23.0. The molecule has 0 saturated carbocycles. The Morgan fingerprint density at radius 1 is 0.969 bits per heavy atom. The molecule has 166 valence electrons. The van der Waals surface area contributed by atoms with Gasteiger partial charge in [-0.2, -0.15) is 8.42 Å². The minimum Gasteiger partial charge on any atom is -0.482 e. The molecule has 0 unspecified atom stereocenters. The molecule has 0 fully saturated rings. The minimum absolute atomic E-state index is 0.273. The number of thioether (sulfide) groups is 1. The number of rotatable bonds is 10. The molecular formula is C24H22O6S2. The molecule has 1 N–H and O–H groups in total. The standard InChI is InChI=1S/C24H22O6S2/c1-32(27,28)30-23-10-6-5-9-22(23)21(18-7-3-2-4-8-18)15-16-31-20-13-11-19(12-14-20)29-17-24(25)26/h2-15H,16-17H2,1H3,(H,25,26). The third-order valence-corrected chi connectivity index (χ3v) is 5.65. The van der Waals surface area contributed by atoms with Crippen molar-refractivity contribution in [3.8, 4) is 11.5 Å². The number of para-hydroxylation sites is 1. The van der Waals surface area contributed by atoms with E-state index in [1.165, 1.54) is 0 Å². The average Bonchev–Trinajstić information content (AvgIpc) is 2.76. The predicted molar refractivity (Wildman–Crippen MR) is 126 cm³/mol. The first-order chi connectivity index (χ1) is 15.3. The second-order valence-corrected chi connectivity index (χ2v) is 9.40. The SMILES string of the molecule is CS(=O)(=O)Oc1ccccc1C(=CCSc1ccc(OCC(=O)O)cc1)c1ccccc1. The summed E-state index contributed by atoms with van der Waals surface area (Å²) in [6.07, 6.45) is 3.05. The smallest absolute Gasteiger partial charge is 0.341 e. The summed E-state index contributed by atoms with van der Waals surface area (Å²) in [5, 5.41) is 8.69. The molecule has 0 radical (unpaired) electrons. The molecule has 0 atom stereocenters. The fourth-order valence-corrected chi connectivity index (χ4v) is 4.17. The Morgan fingerprint density at radius 2 is 1.62 bits per heavy atom. The number of carboxylic acid groups (broad SMARTS) is 1. The molecule has 0 aliphatic heterocycles. The van der Waals surface area contributed by atoms with Gasteiger partial charge in [-0.05, 0) is 41.5 Å². The molecule has 0 bridgehead atoms. The maximum absolute atomic E-state index is 11.7. The van der Waals surface area contributed by atoms with Crippen molar-refractivity contribution in [2.75, 3.05) is 18.6 Å². The van der Waals surface area contributed by atoms with Crippen LogP contribution in [0.2, 0.25) is 0 Å². The normalized spacial score (nSPS) is 11.7. The van der Waals surface area contributed by atoms with Gasteiger partial charge < -0.3 is 14.0 Å². The summed E-state index contributed by atoms with van der Waals surface area (Å²) in [4.78, 5) is 11.6. The van der Waals surface area contributed by atoms with Crippen molar-refractivity contribution in [3.05, 3.63) is 96.1 Å². The molecule has 3 aromatic carbocycles. The summed E-state index contributed by atoms with van der Waals surface area (Å²) in [5.41, 5.74) is 2.48. The van der Waals surface area contributed by atoms with Gasteiger partial charge in [-0.1, -0.05) is 54.6 Å². The second-order valence-electron chi connectivity index (χ2n) is 6.73. The van der Waals surface area contributed by atoms with E-state index in [1.54, 1.807) is 36.0 Å². The van der Waals surface area contributed by atoms with Crippen molar-refractivity contribution in [2.24, 2.45) is 0 Å². The highest BCUT2D eigenvalue weighted by atomic mass is 32.2. The Labute approximate surface area is 191 Å². The fraction of sp³-hybridized carbons (Fsp3) is 0.125. The van der Waals surface area contributed by atoms with Crippen molar-refractivity contribution in [2.45, 2.75) is 4.90 Å². The average molecular weight is 471 g/mol. The molecule has 0 aromatic heterocycles. The van der Waals surface area contributed by atoms with Gasteiger partial charge in [-0.3, -0.25) is 0 Å². The lowest BCUT2D eigenvalue weighted by Crippen LogP contribution is -2.09. The van der Waals surface area contributed by atoms with Crippen LogP contribution in [0.4, 0.5) is 0 Å². The molecule has 0 spiro atoms. The second kappa shape index (κ2) is 10.9. The van der Waals surface area contributed by atoms with E-state index in [0.717, 1.165) is 22.3 Å². The number of ether oxygens (including phenoxy) is 1. The van der Waals surface area contributed by atoms with E-state index >= 15 is 0 Å². The van der Waals surface area contributed by atoms with Gasteiger partial charge in [-0.15, -0.1) is 11.8 Å². The number of hydrogen-bond donors (Lipinski definition) is 1. The molecule has 0 aliphatic rings. The van der Waals surface area contributed by atoms with E-state index in [-0.39, 0.29) is 12.4 Å². The predicted octanol–water partition coefficient (Wildman–Crippen LogP) is 4.71. The van der Waals surface area contributed by atoms with Crippen molar-refractivity contribution >= 4 is 33.4 Å². The van der Waals surface area contributed by atoms with E-state index in [9.17, 15) is 13.2 Å². The molecule has 3 aromatic rings. The maximum atomic E-state index is 11.7. The van der Waals surface area contributed by atoms with Crippen LogP contribution in [0.1, 0.15) is 11.1 Å².